The van der Waals surface area contributed by atoms with E-state index in [0.29, 0.717) is 17.6 Å². The highest BCUT2D eigenvalue weighted by Crippen LogP contribution is 2.43. The number of hydrogen-bond acceptors (Lipinski definition) is 3. The fraction of sp³-hybridized carbons (Fsp3) is 1.00. The Hall–Kier alpha value is 0.0700. The molecule has 0 radical (unpaired) electrons. The van der Waals surface area contributed by atoms with Gasteiger partial charge in [-0.15, -0.1) is 0 Å². The van der Waals surface area contributed by atoms with Crippen LogP contribution in [0.25, 0.3) is 0 Å². The summed E-state index contributed by atoms with van der Waals surface area (Å²) >= 11 is 0. The summed E-state index contributed by atoms with van der Waals surface area (Å²) < 4.78 is 22.1. The van der Waals surface area contributed by atoms with Crippen LogP contribution in [0.3, 0.4) is 0 Å². The summed E-state index contributed by atoms with van der Waals surface area (Å²) in [5.41, 5.74) is 0. The van der Waals surface area contributed by atoms with E-state index in [4.69, 9.17) is 9.05 Å². The summed E-state index contributed by atoms with van der Waals surface area (Å²) in [6, 6.07) is 0. The molecule has 116 valence electrons. The third kappa shape index (κ3) is 14.3. The number of hydrogen-bond donors (Lipinski definition) is 1. The standard InChI is InChI=1S/C13H30NO4P/c1-5-6-7-8-9-10-12-17-19(15,16)18-13-11-14(2,3)4/h5-13H2,1-4H3/p+1. The van der Waals surface area contributed by atoms with Gasteiger partial charge in [-0.05, 0) is 6.42 Å². The topological polar surface area (TPSA) is 55.8 Å². The van der Waals surface area contributed by atoms with Crippen LogP contribution in [-0.2, 0) is 13.6 Å². The predicted molar refractivity (Wildman–Crippen MR) is 78.0 cm³/mol. The van der Waals surface area contributed by atoms with Crippen molar-refractivity contribution in [3.8, 4) is 0 Å². The molecule has 0 aliphatic rings. The maximum Gasteiger partial charge on any atom is 0.472 e. The summed E-state index contributed by atoms with van der Waals surface area (Å²) in [5, 5.41) is 0. The van der Waals surface area contributed by atoms with E-state index in [0.717, 1.165) is 19.3 Å². The maximum atomic E-state index is 11.5. The van der Waals surface area contributed by atoms with Crippen LogP contribution in [-0.4, -0.2) is 50.3 Å². The van der Waals surface area contributed by atoms with E-state index in [1.165, 1.54) is 19.3 Å². The second kappa shape index (κ2) is 9.89. The van der Waals surface area contributed by atoms with E-state index in [9.17, 15) is 9.46 Å². The molecule has 5 nitrogen and oxygen atoms in total. The van der Waals surface area contributed by atoms with Gasteiger partial charge in [0.1, 0.15) is 13.2 Å². The zero-order valence-electron chi connectivity index (χ0n) is 12.9. The number of nitrogens with zero attached hydrogens (tertiary/aromatic N) is 1. The minimum Gasteiger partial charge on any atom is -0.329 e. The molecule has 0 saturated carbocycles. The molecule has 0 bridgehead atoms. The SMILES string of the molecule is CCCCCCCCOP(=O)(O)OCC[N+](C)(C)C. The summed E-state index contributed by atoms with van der Waals surface area (Å²) in [7, 11) is 2.16. The Bertz CT molecular complexity index is 266. The second-order valence-corrected chi connectivity index (χ2v) is 7.37. The Morgan fingerprint density at radius 3 is 2.05 bits per heavy atom. The molecule has 19 heavy (non-hydrogen) atoms. The number of unbranched alkanes of at least 4 members (excludes halogenated alkanes) is 5. The van der Waals surface area contributed by atoms with Gasteiger partial charge in [0, 0.05) is 0 Å². The van der Waals surface area contributed by atoms with Crippen molar-refractivity contribution in [1.82, 2.24) is 0 Å². The molecule has 0 fully saturated rings. The van der Waals surface area contributed by atoms with Gasteiger partial charge in [-0.2, -0.15) is 0 Å². The Morgan fingerprint density at radius 2 is 1.47 bits per heavy atom. The minimum absolute atomic E-state index is 0.230. The molecule has 1 atom stereocenters. The molecule has 0 aliphatic carbocycles. The fourth-order valence-electron chi connectivity index (χ4n) is 1.53. The van der Waals surface area contributed by atoms with Crippen molar-refractivity contribution in [2.45, 2.75) is 45.4 Å². The highest BCUT2D eigenvalue weighted by Gasteiger charge is 2.21. The Kier molecular flexibility index (Phi) is 9.93. The first kappa shape index (κ1) is 19.1. The monoisotopic (exact) mass is 296 g/mol. The van der Waals surface area contributed by atoms with Crippen LogP contribution in [0.2, 0.25) is 0 Å². The lowest BCUT2D eigenvalue weighted by atomic mass is 10.1. The van der Waals surface area contributed by atoms with Gasteiger partial charge in [-0.25, -0.2) is 4.57 Å². The molecule has 0 aromatic rings. The van der Waals surface area contributed by atoms with Crippen LogP contribution in [0.1, 0.15) is 45.4 Å². The van der Waals surface area contributed by atoms with Crippen molar-refractivity contribution in [3.05, 3.63) is 0 Å². The molecule has 0 saturated heterocycles. The van der Waals surface area contributed by atoms with Gasteiger partial charge in [0.05, 0.1) is 27.7 Å². The smallest absolute Gasteiger partial charge is 0.329 e. The molecular weight excluding hydrogens is 265 g/mol. The lowest BCUT2D eigenvalue weighted by Gasteiger charge is -2.24. The van der Waals surface area contributed by atoms with E-state index in [1.54, 1.807) is 0 Å². The molecule has 0 spiro atoms. The fourth-order valence-corrected chi connectivity index (χ4v) is 2.28. The second-order valence-electron chi connectivity index (χ2n) is 5.92. The summed E-state index contributed by atoms with van der Waals surface area (Å²) in [4.78, 5) is 9.46. The molecule has 0 aromatic carbocycles. The lowest BCUT2D eigenvalue weighted by molar-refractivity contribution is -0.870. The average Bonchev–Trinajstić information content (AvgIpc) is 2.25. The lowest BCUT2D eigenvalue weighted by Crippen LogP contribution is -2.37. The summed E-state index contributed by atoms with van der Waals surface area (Å²) in [5.74, 6) is 0. The largest absolute Gasteiger partial charge is 0.472 e. The Morgan fingerprint density at radius 1 is 0.947 bits per heavy atom. The highest BCUT2D eigenvalue weighted by atomic mass is 31.2. The van der Waals surface area contributed by atoms with E-state index in [2.05, 4.69) is 6.92 Å². The molecule has 0 aromatic heterocycles. The van der Waals surface area contributed by atoms with E-state index in [1.807, 2.05) is 21.1 Å². The Balaban J connectivity index is 3.54. The normalized spacial score (nSPS) is 15.4. The average molecular weight is 296 g/mol. The van der Waals surface area contributed by atoms with Crippen LogP contribution >= 0.6 is 7.82 Å². The van der Waals surface area contributed by atoms with Gasteiger partial charge in [-0.3, -0.25) is 9.05 Å². The van der Waals surface area contributed by atoms with Crippen LogP contribution in [0.15, 0.2) is 0 Å². The van der Waals surface area contributed by atoms with Crippen LogP contribution in [0, 0.1) is 0 Å². The van der Waals surface area contributed by atoms with Crippen LogP contribution in [0.5, 0.6) is 0 Å². The van der Waals surface area contributed by atoms with E-state index >= 15 is 0 Å². The van der Waals surface area contributed by atoms with Crippen molar-refractivity contribution >= 4 is 7.82 Å². The molecule has 1 unspecified atom stereocenters. The third-order valence-electron chi connectivity index (χ3n) is 2.77. The zero-order valence-corrected chi connectivity index (χ0v) is 13.8. The van der Waals surface area contributed by atoms with Gasteiger partial charge in [0.25, 0.3) is 0 Å². The zero-order chi connectivity index (χ0) is 14.8. The van der Waals surface area contributed by atoms with Gasteiger partial charge < -0.3 is 9.38 Å². The first-order chi connectivity index (χ1) is 8.77. The number of rotatable bonds is 12. The molecular formula is C13H31NO4P+. The van der Waals surface area contributed by atoms with Crippen molar-refractivity contribution in [1.29, 1.82) is 0 Å². The summed E-state index contributed by atoms with van der Waals surface area (Å²) in [6.45, 7) is 3.38. The van der Waals surface area contributed by atoms with Crippen molar-refractivity contribution in [3.63, 3.8) is 0 Å². The molecule has 0 rings (SSSR count). The van der Waals surface area contributed by atoms with Crippen LogP contribution in [0.4, 0.5) is 0 Å². The van der Waals surface area contributed by atoms with E-state index < -0.39 is 7.82 Å². The van der Waals surface area contributed by atoms with Crippen molar-refractivity contribution in [2.24, 2.45) is 0 Å². The molecule has 0 heterocycles. The number of quaternary nitrogens is 1. The van der Waals surface area contributed by atoms with Crippen molar-refractivity contribution in [2.75, 3.05) is 40.9 Å². The minimum atomic E-state index is -3.85. The quantitative estimate of drug-likeness (QED) is 0.341. The number of phosphoric ester groups is 1. The highest BCUT2D eigenvalue weighted by molar-refractivity contribution is 7.47. The maximum absolute atomic E-state index is 11.5. The van der Waals surface area contributed by atoms with E-state index in [-0.39, 0.29) is 6.61 Å². The van der Waals surface area contributed by atoms with Gasteiger partial charge >= 0.3 is 7.82 Å². The molecule has 1 N–H and O–H groups in total. The van der Waals surface area contributed by atoms with Crippen molar-refractivity contribution < 1.29 is 23.0 Å². The number of phosphoric acid groups is 1. The van der Waals surface area contributed by atoms with Gasteiger partial charge in [0.15, 0.2) is 0 Å². The molecule has 0 aliphatic heterocycles. The molecule has 0 amide bonds. The number of likely N-dealkylation sites (N-methyl/N-ethyl adjacent to an activating group) is 1. The Labute approximate surface area is 118 Å². The third-order valence-corrected chi connectivity index (χ3v) is 3.79. The molecule has 6 heteroatoms. The van der Waals surface area contributed by atoms with Gasteiger partial charge in [0.2, 0.25) is 0 Å². The summed E-state index contributed by atoms with van der Waals surface area (Å²) in [6.07, 6.45) is 6.73. The first-order valence-electron chi connectivity index (χ1n) is 7.19. The van der Waals surface area contributed by atoms with Crippen LogP contribution < -0.4 is 0 Å². The predicted octanol–water partition coefficient (Wildman–Crippen LogP) is 3.19. The first-order valence-corrected chi connectivity index (χ1v) is 8.69. The van der Waals surface area contributed by atoms with Gasteiger partial charge in [-0.1, -0.05) is 39.0 Å².